The number of hydrogen-bond acceptors (Lipinski definition) is 7. The molecule has 3 aromatic rings. The third-order valence-electron chi connectivity index (χ3n) is 9.42. The van der Waals surface area contributed by atoms with Gasteiger partial charge in [0, 0.05) is 80.7 Å². The molecule has 2 fully saturated rings. The number of nitrogens with zero attached hydrogens (tertiary/aromatic N) is 4. The lowest BCUT2D eigenvalue weighted by molar-refractivity contribution is 0.0943. The number of hydrogen-bond donors (Lipinski definition) is 1. The highest BCUT2D eigenvalue weighted by atomic mass is 16.5. The number of pyridine rings is 1. The zero-order valence-corrected chi connectivity index (χ0v) is 27.1. The average Bonchev–Trinajstić information content (AvgIpc) is 3.04. The molecule has 44 heavy (non-hydrogen) atoms. The number of likely N-dealkylation sites (tertiary alicyclic amines) is 1. The van der Waals surface area contributed by atoms with Crippen molar-refractivity contribution in [3.63, 3.8) is 0 Å². The van der Waals surface area contributed by atoms with Crippen LogP contribution in [-0.4, -0.2) is 80.9 Å². The van der Waals surface area contributed by atoms with Crippen molar-refractivity contribution in [2.45, 2.75) is 65.6 Å². The van der Waals surface area contributed by atoms with E-state index < -0.39 is 0 Å². The van der Waals surface area contributed by atoms with Crippen molar-refractivity contribution < 1.29 is 14.3 Å². The van der Waals surface area contributed by atoms with Gasteiger partial charge in [-0.3, -0.25) is 9.78 Å². The van der Waals surface area contributed by atoms with Crippen molar-refractivity contribution in [1.82, 2.24) is 15.2 Å². The number of aromatic nitrogens is 1. The van der Waals surface area contributed by atoms with E-state index in [-0.39, 0.29) is 5.91 Å². The smallest absolute Gasteiger partial charge is 0.251 e. The minimum atomic E-state index is 0.0280. The van der Waals surface area contributed by atoms with Crippen molar-refractivity contribution in [2.75, 3.05) is 62.8 Å². The van der Waals surface area contributed by atoms with Crippen molar-refractivity contribution >= 4 is 17.3 Å². The maximum atomic E-state index is 13.2. The predicted octanol–water partition coefficient (Wildman–Crippen LogP) is 5.53. The summed E-state index contributed by atoms with van der Waals surface area (Å²) in [6.45, 7) is 15.4. The molecule has 0 unspecified atom stereocenters. The van der Waals surface area contributed by atoms with Gasteiger partial charge in [-0.25, -0.2) is 0 Å². The zero-order valence-electron chi connectivity index (χ0n) is 27.1. The van der Waals surface area contributed by atoms with Gasteiger partial charge in [-0.15, -0.1) is 0 Å². The summed E-state index contributed by atoms with van der Waals surface area (Å²) in [5.74, 6) is 0.901. The molecule has 2 aliphatic heterocycles. The van der Waals surface area contributed by atoms with Crippen molar-refractivity contribution in [2.24, 2.45) is 0 Å². The van der Waals surface area contributed by atoms with Crippen LogP contribution in [0, 0.1) is 20.8 Å². The second-order valence-electron chi connectivity index (χ2n) is 12.3. The van der Waals surface area contributed by atoms with Crippen LogP contribution in [0.5, 0.6) is 5.75 Å². The minimum Gasteiger partial charge on any atom is -0.497 e. The van der Waals surface area contributed by atoms with E-state index >= 15 is 0 Å². The van der Waals surface area contributed by atoms with Crippen LogP contribution in [0.25, 0.3) is 0 Å². The second kappa shape index (κ2) is 14.9. The molecular formula is C36H49N5O3. The highest BCUT2D eigenvalue weighted by Gasteiger charge is 2.28. The molecule has 0 radical (unpaired) electrons. The van der Waals surface area contributed by atoms with Gasteiger partial charge in [0.05, 0.1) is 20.3 Å². The molecule has 1 atom stereocenters. The van der Waals surface area contributed by atoms with Gasteiger partial charge in [0.25, 0.3) is 5.91 Å². The summed E-state index contributed by atoms with van der Waals surface area (Å²) in [7, 11) is 1.71. The van der Waals surface area contributed by atoms with Crippen LogP contribution in [-0.2, 0) is 11.3 Å². The number of morpholine rings is 1. The Morgan fingerprint density at radius 2 is 1.70 bits per heavy atom. The molecule has 0 spiro atoms. The second-order valence-corrected chi connectivity index (χ2v) is 12.3. The number of carbonyl (C=O) groups is 1. The van der Waals surface area contributed by atoms with E-state index in [2.05, 4.69) is 69.2 Å². The molecule has 8 heteroatoms. The molecule has 1 aromatic heterocycles. The van der Waals surface area contributed by atoms with Gasteiger partial charge in [0.1, 0.15) is 5.75 Å². The summed E-state index contributed by atoms with van der Waals surface area (Å²) in [5, 5.41) is 3.22. The van der Waals surface area contributed by atoms with E-state index in [1.807, 2.05) is 38.4 Å². The fraction of sp³-hybridized carbons (Fsp3) is 0.500. The van der Waals surface area contributed by atoms with E-state index in [9.17, 15) is 4.79 Å². The SMILES string of the molecule is COc1ccc(N(Cc2cnccc2C)C2CCN([C@H](C)CCNC(=O)c3c(C)cc(N4CCOCC4)cc3C)CC2)cc1. The molecular weight excluding hydrogens is 550 g/mol. The van der Waals surface area contributed by atoms with Crippen molar-refractivity contribution in [3.8, 4) is 5.75 Å². The number of methoxy groups -OCH3 is 1. The third kappa shape index (κ3) is 7.71. The fourth-order valence-corrected chi connectivity index (χ4v) is 6.66. The molecule has 0 aliphatic carbocycles. The Balaban J connectivity index is 1.14. The number of amides is 1. The summed E-state index contributed by atoms with van der Waals surface area (Å²) in [5.41, 5.74) is 7.79. The molecule has 8 nitrogen and oxygen atoms in total. The molecule has 3 heterocycles. The number of aryl methyl sites for hydroxylation is 3. The highest BCUT2D eigenvalue weighted by Crippen LogP contribution is 2.29. The molecule has 2 saturated heterocycles. The molecule has 1 amide bonds. The van der Waals surface area contributed by atoms with Crippen LogP contribution in [0.15, 0.2) is 54.9 Å². The van der Waals surface area contributed by atoms with Crippen LogP contribution in [0.3, 0.4) is 0 Å². The van der Waals surface area contributed by atoms with Crippen LogP contribution in [0.1, 0.15) is 58.8 Å². The Bertz CT molecular complexity index is 1360. The van der Waals surface area contributed by atoms with Gasteiger partial charge < -0.3 is 29.5 Å². The molecule has 2 aliphatic rings. The first kappa shape index (κ1) is 31.8. The van der Waals surface area contributed by atoms with E-state index in [0.29, 0.717) is 18.6 Å². The number of piperidine rings is 1. The molecule has 2 aromatic carbocycles. The molecule has 5 rings (SSSR count). The van der Waals surface area contributed by atoms with Crippen molar-refractivity contribution in [1.29, 1.82) is 0 Å². The lowest BCUT2D eigenvalue weighted by Gasteiger charge is -2.42. The average molecular weight is 600 g/mol. The van der Waals surface area contributed by atoms with Gasteiger partial charge in [-0.05, 0) is 112 Å². The number of benzene rings is 2. The van der Waals surface area contributed by atoms with Crippen LogP contribution in [0.4, 0.5) is 11.4 Å². The predicted molar refractivity (Wildman–Crippen MR) is 178 cm³/mol. The number of carbonyl (C=O) groups excluding carboxylic acids is 1. The largest absolute Gasteiger partial charge is 0.497 e. The van der Waals surface area contributed by atoms with Gasteiger partial charge in [0.2, 0.25) is 0 Å². The van der Waals surface area contributed by atoms with E-state index in [1.165, 1.54) is 22.5 Å². The van der Waals surface area contributed by atoms with Crippen LogP contribution < -0.4 is 19.9 Å². The number of ether oxygens (including phenoxy) is 2. The Morgan fingerprint density at radius 3 is 2.34 bits per heavy atom. The molecule has 1 N–H and O–H groups in total. The van der Waals surface area contributed by atoms with Gasteiger partial charge in [-0.2, -0.15) is 0 Å². The lowest BCUT2D eigenvalue weighted by Crippen LogP contribution is -2.48. The molecule has 236 valence electrons. The first-order valence-electron chi connectivity index (χ1n) is 16.1. The maximum absolute atomic E-state index is 13.2. The quantitative estimate of drug-likeness (QED) is 0.311. The van der Waals surface area contributed by atoms with Gasteiger partial charge in [0.15, 0.2) is 0 Å². The fourth-order valence-electron chi connectivity index (χ4n) is 6.66. The van der Waals surface area contributed by atoms with Crippen LogP contribution >= 0.6 is 0 Å². The number of anilines is 2. The summed E-state index contributed by atoms with van der Waals surface area (Å²) in [4.78, 5) is 25.1. The Morgan fingerprint density at radius 1 is 1.02 bits per heavy atom. The summed E-state index contributed by atoms with van der Waals surface area (Å²) >= 11 is 0. The minimum absolute atomic E-state index is 0.0280. The van der Waals surface area contributed by atoms with Crippen molar-refractivity contribution in [3.05, 3.63) is 82.7 Å². The number of rotatable bonds is 11. The first-order chi connectivity index (χ1) is 21.3. The topological polar surface area (TPSA) is 70.2 Å². The molecule has 0 bridgehead atoms. The summed E-state index contributed by atoms with van der Waals surface area (Å²) < 4.78 is 10.9. The van der Waals surface area contributed by atoms with Gasteiger partial charge in [-0.1, -0.05) is 0 Å². The zero-order chi connectivity index (χ0) is 31.1. The highest BCUT2D eigenvalue weighted by molar-refractivity contribution is 5.97. The Hall–Kier alpha value is -3.62. The molecule has 0 saturated carbocycles. The van der Waals surface area contributed by atoms with E-state index in [4.69, 9.17) is 9.47 Å². The van der Waals surface area contributed by atoms with Gasteiger partial charge >= 0.3 is 0 Å². The normalized spacial score (nSPS) is 16.9. The monoisotopic (exact) mass is 599 g/mol. The van der Waals surface area contributed by atoms with E-state index in [0.717, 1.165) is 87.6 Å². The lowest BCUT2D eigenvalue weighted by atomic mass is 9.98. The van der Waals surface area contributed by atoms with E-state index in [1.54, 1.807) is 7.11 Å². The Kier molecular flexibility index (Phi) is 10.8. The third-order valence-corrected chi connectivity index (χ3v) is 9.42. The first-order valence-corrected chi connectivity index (χ1v) is 16.1. The Labute approximate surface area is 263 Å². The summed E-state index contributed by atoms with van der Waals surface area (Å²) in [6, 6.07) is 15.7. The summed E-state index contributed by atoms with van der Waals surface area (Å²) in [6.07, 6.45) is 6.98. The van der Waals surface area contributed by atoms with Crippen LogP contribution in [0.2, 0.25) is 0 Å². The standard InChI is InChI=1S/C36H49N5O3/c1-26-10-14-37-24-30(26)25-41(31-6-8-34(43-5)9-7-31)32-12-16-39(17-13-32)29(4)11-15-38-36(42)35-27(2)22-33(23-28(35)3)40-18-20-44-21-19-40/h6-10,14,22-24,29,32H,11-13,15-21,25H2,1-5H3,(H,38,42)/t29-/m1/s1. The number of nitrogens with one attached hydrogen (secondary N) is 1. The maximum Gasteiger partial charge on any atom is 0.251 e.